The van der Waals surface area contributed by atoms with Crippen molar-refractivity contribution in [2.45, 2.75) is 65.3 Å². The average molecular weight is 386 g/mol. The van der Waals surface area contributed by atoms with Crippen molar-refractivity contribution in [2.75, 3.05) is 0 Å². The first kappa shape index (κ1) is 20.6. The summed E-state index contributed by atoms with van der Waals surface area (Å²) in [5.74, 6) is -0.567. The summed E-state index contributed by atoms with van der Waals surface area (Å²) in [4.78, 5) is 24.1. The number of hydrogen-bond donors (Lipinski definition) is 1. The summed E-state index contributed by atoms with van der Waals surface area (Å²) < 4.78 is 11.1. The van der Waals surface area contributed by atoms with Crippen LogP contribution in [-0.2, 0) is 25.7 Å². The van der Waals surface area contributed by atoms with E-state index in [9.17, 15) is 14.7 Å². The minimum atomic E-state index is -1.25. The molecule has 1 aromatic carbocycles. The molecule has 0 radical (unpaired) electrons. The lowest BCUT2D eigenvalue weighted by molar-refractivity contribution is -0.157. The lowest BCUT2D eigenvalue weighted by Gasteiger charge is -2.43. The number of carbonyl (C=O) groups excluding carboxylic acids is 2. The molecule has 5 nitrogen and oxygen atoms in total. The van der Waals surface area contributed by atoms with E-state index < -0.39 is 17.0 Å². The Morgan fingerprint density at radius 1 is 1.21 bits per heavy atom. The van der Waals surface area contributed by atoms with E-state index in [1.54, 1.807) is 0 Å². The number of carbonyl (C=O) groups is 2. The molecule has 0 amide bonds. The molecule has 1 saturated carbocycles. The third kappa shape index (κ3) is 4.14. The highest BCUT2D eigenvalue weighted by molar-refractivity contribution is 5.72. The van der Waals surface area contributed by atoms with Crippen LogP contribution in [0.3, 0.4) is 0 Å². The highest BCUT2D eigenvalue weighted by atomic mass is 16.5. The van der Waals surface area contributed by atoms with Crippen molar-refractivity contribution in [3.63, 3.8) is 0 Å². The number of hydrogen-bond acceptors (Lipinski definition) is 5. The maximum atomic E-state index is 12.5. The zero-order valence-corrected chi connectivity index (χ0v) is 17.1. The molecule has 4 atom stereocenters. The van der Waals surface area contributed by atoms with Gasteiger partial charge < -0.3 is 14.6 Å². The Labute approximate surface area is 166 Å². The fraction of sp³-hybridized carbons (Fsp3) is 0.565. The van der Waals surface area contributed by atoms with Gasteiger partial charge in [0.2, 0.25) is 0 Å². The fourth-order valence-electron chi connectivity index (χ4n) is 4.67. The summed E-state index contributed by atoms with van der Waals surface area (Å²) >= 11 is 0. The SMILES string of the molecule is CC(=O)O[C@H]1[C@@H]2C(=CC1(C)C)[C@@](O)(CC(=O)OCc1ccccc1)CC[C@H]2C. The van der Waals surface area contributed by atoms with Crippen LogP contribution in [0.1, 0.15) is 52.5 Å². The van der Waals surface area contributed by atoms with E-state index in [1.807, 2.05) is 50.3 Å². The molecule has 2 aliphatic carbocycles. The van der Waals surface area contributed by atoms with Crippen molar-refractivity contribution in [3.05, 3.63) is 47.5 Å². The van der Waals surface area contributed by atoms with Crippen LogP contribution in [0.4, 0.5) is 0 Å². The van der Waals surface area contributed by atoms with Gasteiger partial charge in [-0.3, -0.25) is 9.59 Å². The van der Waals surface area contributed by atoms with Crippen LogP contribution in [0, 0.1) is 17.3 Å². The lowest BCUT2D eigenvalue weighted by atomic mass is 9.67. The fourth-order valence-corrected chi connectivity index (χ4v) is 4.67. The van der Waals surface area contributed by atoms with Crippen molar-refractivity contribution in [3.8, 4) is 0 Å². The van der Waals surface area contributed by atoms with E-state index in [1.165, 1.54) is 6.92 Å². The van der Waals surface area contributed by atoms with Gasteiger partial charge in [0.25, 0.3) is 0 Å². The summed E-state index contributed by atoms with van der Waals surface area (Å²) in [6, 6.07) is 9.48. The number of aliphatic hydroxyl groups is 1. The molecule has 1 fully saturated rings. The molecule has 152 valence electrons. The van der Waals surface area contributed by atoms with Gasteiger partial charge in [-0.2, -0.15) is 0 Å². The normalized spacial score (nSPS) is 30.9. The molecule has 0 bridgehead atoms. The largest absolute Gasteiger partial charge is 0.461 e. The van der Waals surface area contributed by atoms with Crippen LogP contribution in [0.15, 0.2) is 42.0 Å². The quantitative estimate of drug-likeness (QED) is 0.616. The van der Waals surface area contributed by atoms with Gasteiger partial charge in [-0.15, -0.1) is 0 Å². The Balaban J connectivity index is 1.75. The molecule has 3 rings (SSSR count). The maximum absolute atomic E-state index is 12.5. The lowest BCUT2D eigenvalue weighted by Crippen LogP contribution is -2.46. The highest BCUT2D eigenvalue weighted by Gasteiger charge is 2.55. The topological polar surface area (TPSA) is 72.8 Å². The predicted molar refractivity (Wildman–Crippen MR) is 105 cm³/mol. The average Bonchev–Trinajstić information content (AvgIpc) is 2.90. The molecule has 0 unspecified atom stereocenters. The summed E-state index contributed by atoms with van der Waals surface area (Å²) in [5, 5.41) is 11.4. The van der Waals surface area contributed by atoms with Crippen molar-refractivity contribution < 1.29 is 24.2 Å². The van der Waals surface area contributed by atoms with Crippen LogP contribution in [-0.4, -0.2) is 28.8 Å². The van der Waals surface area contributed by atoms with Crippen LogP contribution in [0.5, 0.6) is 0 Å². The third-order valence-electron chi connectivity index (χ3n) is 6.08. The number of fused-ring (bicyclic) bond motifs is 1. The van der Waals surface area contributed by atoms with Gasteiger partial charge in [-0.1, -0.05) is 57.2 Å². The van der Waals surface area contributed by atoms with Crippen molar-refractivity contribution in [2.24, 2.45) is 17.3 Å². The molecule has 2 aliphatic rings. The molecule has 1 N–H and O–H groups in total. The van der Waals surface area contributed by atoms with Crippen LogP contribution < -0.4 is 0 Å². The van der Waals surface area contributed by atoms with Crippen molar-refractivity contribution in [1.29, 1.82) is 0 Å². The standard InChI is InChI=1S/C23H30O5/c1-15-10-11-23(26,13-19(25)27-14-17-8-6-5-7-9-17)18-12-22(3,4)21(20(15)18)28-16(2)24/h5-9,12,15,20-21,26H,10-11,13-14H2,1-4H3/t15-,20+,21+,23+/m1/s1. The maximum Gasteiger partial charge on any atom is 0.309 e. The van der Waals surface area contributed by atoms with E-state index >= 15 is 0 Å². The number of benzene rings is 1. The molecule has 0 heterocycles. The van der Waals surface area contributed by atoms with Gasteiger partial charge in [0.15, 0.2) is 0 Å². The van der Waals surface area contributed by atoms with E-state index in [0.29, 0.717) is 6.42 Å². The van der Waals surface area contributed by atoms with Gasteiger partial charge in [0.1, 0.15) is 12.7 Å². The second-order valence-corrected chi connectivity index (χ2v) is 8.85. The summed E-state index contributed by atoms with van der Waals surface area (Å²) in [5.41, 5.74) is 0.0804. The molecule has 0 saturated heterocycles. The van der Waals surface area contributed by atoms with E-state index in [4.69, 9.17) is 9.47 Å². The Morgan fingerprint density at radius 3 is 2.54 bits per heavy atom. The molecule has 0 aliphatic heterocycles. The first-order valence-electron chi connectivity index (χ1n) is 9.95. The Kier molecular flexibility index (Phi) is 5.67. The number of ether oxygens (including phenoxy) is 2. The number of rotatable bonds is 5. The van der Waals surface area contributed by atoms with Gasteiger partial charge in [0.05, 0.1) is 12.0 Å². The van der Waals surface area contributed by atoms with Crippen LogP contribution in [0.2, 0.25) is 0 Å². The minimum absolute atomic E-state index is 0.0837. The van der Waals surface area contributed by atoms with Gasteiger partial charge in [-0.25, -0.2) is 0 Å². The minimum Gasteiger partial charge on any atom is -0.461 e. The third-order valence-corrected chi connectivity index (χ3v) is 6.08. The molecule has 28 heavy (non-hydrogen) atoms. The molecule has 1 aromatic rings. The zero-order chi connectivity index (χ0) is 20.5. The molecular formula is C23H30O5. The van der Waals surface area contributed by atoms with Crippen molar-refractivity contribution >= 4 is 11.9 Å². The van der Waals surface area contributed by atoms with Crippen LogP contribution in [0.25, 0.3) is 0 Å². The Bertz CT molecular complexity index is 766. The summed E-state index contributed by atoms with van der Waals surface area (Å²) in [7, 11) is 0. The first-order chi connectivity index (χ1) is 13.1. The first-order valence-corrected chi connectivity index (χ1v) is 9.95. The molecular weight excluding hydrogens is 356 g/mol. The number of esters is 2. The second kappa shape index (κ2) is 7.70. The predicted octanol–water partition coefficient (Wildman–Crippen LogP) is 3.80. The molecule has 0 aromatic heterocycles. The Morgan fingerprint density at radius 2 is 1.89 bits per heavy atom. The van der Waals surface area contributed by atoms with E-state index in [-0.39, 0.29) is 36.9 Å². The Hall–Kier alpha value is -2.14. The molecule has 0 spiro atoms. The van der Waals surface area contributed by atoms with Gasteiger partial charge in [-0.05, 0) is 29.9 Å². The van der Waals surface area contributed by atoms with Crippen LogP contribution >= 0.6 is 0 Å². The van der Waals surface area contributed by atoms with E-state index in [0.717, 1.165) is 17.6 Å². The highest BCUT2D eigenvalue weighted by Crippen LogP contribution is 2.54. The van der Waals surface area contributed by atoms with Crippen molar-refractivity contribution in [1.82, 2.24) is 0 Å². The smallest absolute Gasteiger partial charge is 0.309 e. The summed E-state index contributed by atoms with van der Waals surface area (Å²) in [6.45, 7) is 7.73. The second-order valence-electron chi connectivity index (χ2n) is 8.85. The summed E-state index contributed by atoms with van der Waals surface area (Å²) in [6.07, 6.45) is 2.85. The van der Waals surface area contributed by atoms with Gasteiger partial charge in [0, 0.05) is 18.3 Å². The van der Waals surface area contributed by atoms with E-state index in [2.05, 4.69) is 6.92 Å². The molecule has 5 heteroatoms. The zero-order valence-electron chi connectivity index (χ0n) is 17.1. The monoisotopic (exact) mass is 386 g/mol. The van der Waals surface area contributed by atoms with Gasteiger partial charge >= 0.3 is 11.9 Å².